The predicted octanol–water partition coefficient (Wildman–Crippen LogP) is 0.689. The van der Waals surface area contributed by atoms with E-state index in [-0.39, 0.29) is 0 Å². The van der Waals surface area contributed by atoms with Gasteiger partial charge >= 0.3 is 6.18 Å². The van der Waals surface area contributed by atoms with Crippen LogP contribution in [0.4, 0.5) is 18.9 Å². The van der Waals surface area contributed by atoms with Crippen molar-refractivity contribution in [1.29, 1.82) is 0 Å². The van der Waals surface area contributed by atoms with E-state index in [1.165, 1.54) is 6.20 Å². The summed E-state index contributed by atoms with van der Waals surface area (Å²) < 4.78 is 37.3. The van der Waals surface area contributed by atoms with Gasteiger partial charge in [-0.25, -0.2) is 0 Å². The van der Waals surface area contributed by atoms with Crippen LogP contribution < -0.4 is 20.9 Å². The Morgan fingerprint density at radius 3 is 1.95 bits per heavy atom. The van der Waals surface area contributed by atoms with Gasteiger partial charge in [0.15, 0.2) is 0 Å². The first-order valence-corrected chi connectivity index (χ1v) is 7.48. The molecule has 0 bridgehead atoms. The smallest absolute Gasteiger partial charge is 0.369 e. The SMILES string of the molecule is C1CNCCN1.FC(F)(F)c1cc(N2CCNCC2)ccn1. The number of rotatable bonds is 1. The Kier molecular flexibility index (Phi) is 6.41. The first-order chi connectivity index (χ1) is 10.6. The molecule has 0 amide bonds. The molecular formula is C14H22F3N5. The van der Waals surface area contributed by atoms with Gasteiger partial charge in [-0.15, -0.1) is 0 Å². The number of aromatic nitrogens is 1. The minimum Gasteiger partial charge on any atom is -0.369 e. The zero-order valence-corrected chi connectivity index (χ0v) is 12.4. The van der Waals surface area contributed by atoms with Crippen molar-refractivity contribution in [3.05, 3.63) is 24.0 Å². The zero-order valence-electron chi connectivity index (χ0n) is 12.4. The maximum Gasteiger partial charge on any atom is 0.433 e. The second-order valence-corrected chi connectivity index (χ2v) is 5.13. The minimum atomic E-state index is -4.37. The van der Waals surface area contributed by atoms with Crippen LogP contribution in [0.15, 0.2) is 18.3 Å². The van der Waals surface area contributed by atoms with E-state index in [4.69, 9.17) is 0 Å². The lowest BCUT2D eigenvalue weighted by Crippen LogP contribution is -2.43. The van der Waals surface area contributed by atoms with Gasteiger partial charge in [0.1, 0.15) is 5.69 Å². The molecule has 0 atom stereocenters. The van der Waals surface area contributed by atoms with E-state index < -0.39 is 11.9 Å². The van der Waals surface area contributed by atoms with Crippen molar-refractivity contribution in [2.24, 2.45) is 0 Å². The summed E-state index contributed by atoms with van der Waals surface area (Å²) in [5, 5.41) is 9.59. The quantitative estimate of drug-likeness (QED) is 0.712. The van der Waals surface area contributed by atoms with E-state index in [1.807, 2.05) is 4.90 Å². The van der Waals surface area contributed by atoms with Crippen molar-refractivity contribution in [1.82, 2.24) is 20.9 Å². The molecule has 0 aliphatic carbocycles. The third-order valence-corrected chi connectivity index (χ3v) is 3.47. The van der Waals surface area contributed by atoms with Crippen LogP contribution in [-0.4, -0.2) is 57.3 Å². The van der Waals surface area contributed by atoms with Crippen molar-refractivity contribution < 1.29 is 13.2 Å². The largest absolute Gasteiger partial charge is 0.433 e. The van der Waals surface area contributed by atoms with Crippen molar-refractivity contribution in [3.63, 3.8) is 0 Å². The maximum absolute atomic E-state index is 12.4. The molecule has 1 aromatic rings. The summed E-state index contributed by atoms with van der Waals surface area (Å²) in [5.41, 5.74) is -0.243. The fourth-order valence-electron chi connectivity index (χ4n) is 2.30. The number of anilines is 1. The van der Waals surface area contributed by atoms with E-state index in [2.05, 4.69) is 20.9 Å². The van der Waals surface area contributed by atoms with Crippen LogP contribution in [-0.2, 0) is 6.18 Å². The lowest BCUT2D eigenvalue weighted by Gasteiger charge is -2.29. The molecule has 2 aliphatic heterocycles. The summed E-state index contributed by atoms with van der Waals surface area (Å²) in [6, 6.07) is 2.71. The highest BCUT2D eigenvalue weighted by Gasteiger charge is 2.32. The number of nitrogens with zero attached hydrogens (tertiary/aromatic N) is 2. The Balaban J connectivity index is 0.000000246. The molecule has 2 fully saturated rings. The fraction of sp³-hybridized carbons (Fsp3) is 0.643. The van der Waals surface area contributed by atoms with Crippen molar-refractivity contribution in [3.8, 4) is 0 Å². The zero-order chi connectivity index (χ0) is 15.8. The van der Waals surface area contributed by atoms with Crippen LogP contribution in [0.3, 0.4) is 0 Å². The summed E-state index contributed by atoms with van der Waals surface area (Å²) in [4.78, 5) is 5.26. The molecule has 0 radical (unpaired) electrons. The average molecular weight is 317 g/mol. The summed E-state index contributed by atoms with van der Waals surface area (Å²) >= 11 is 0. The maximum atomic E-state index is 12.4. The molecule has 0 spiro atoms. The van der Waals surface area contributed by atoms with Gasteiger partial charge in [0.05, 0.1) is 0 Å². The highest BCUT2D eigenvalue weighted by atomic mass is 19.4. The van der Waals surface area contributed by atoms with Gasteiger partial charge in [-0.2, -0.15) is 13.2 Å². The predicted molar refractivity (Wildman–Crippen MR) is 80.1 cm³/mol. The number of pyridine rings is 1. The molecule has 22 heavy (non-hydrogen) atoms. The molecule has 5 nitrogen and oxygen atoms in total. The van der Waals surface area contributed by atoms with Gasteiger partial charge in [-0.05, 0) is 12.1 Å². The Labute approximate surface area is 128 Å². The van der Waals surface area contributed by atoms with Gasteiger partial charge in [0.2, 0.25) is 0 Å². The summed E-state index contributed by atoms with van der Waals surface area (Å²) in [7, 11) is 0. The van der Waals surface area contributed by atoms with Gasteiger partial charge in [-0.3, -0.25) is 4.98 Å². The lowest BCUT2D eigenvalue weighted by molar-refractivity contribution is -0.141. The number of hydrogen-bond acceptors (Lipinski definition) is 5. The van der Waals surface area contributed by atoms with Crippen LogP contribution in [0.1, 0.15) is 5.69 Å². The van der Waals surface area contributed by atoms with Gasteiger partial charge in [0.25, 0.3) is 0 Å². The van der Waals surface area contributed by atoms with Gasteiger partial charge in [-0.1, -0.05) is 0 Å². The Morgan fingerprint density at radius 2 is 1.45 bits per heavy atom. The van der Waals surface area contributed by atoms with Crippen LogP contribution in [0, 0.1) is 0 Å². The molecule has 1 aromatic heterocycles. The normalized spacial score (nSPS) is 19.3. The monoisotopic (exact) mass is 317 g/mol. The Bertz CT molecular complexity index is 431. The molecule has 3 N–H and O–H groups in total. The Morgan fingerprint density at radius 1 is 0.909 bits per heavy atom. The molecule has 2 aliphatic rings. The van der Waals surface area contributed by atoms with E-state index in [1.54, 1.807) is 6.07 Å². The third-order valence-electron chi connectivity index (χ3n) is 3.47. The Hall–Kier alpha value is -1.38. The molecule has 0 aromatic carbocycles. The first kappa shape index (κ1) is 17.0. The topological polar surface area (TPSA) is 52.2 Å². The van der Waals surface area contributed by atoms with E-state index in [9.17, 15) is 13.2 Å². The second-order valence-electron chi connectivity index (χ2n) is 5.13. The molecule has 2 saturated heterocycles. The second kappa shape index (κ2) is 8.30. The standard InChI is InChI=1S/C10H12F3N3.C4H10N2/c11-10(12,13)9-7-8(1-2-15-9)16-5-3-14-4-6-16;1-2-6-4-3-5-1/h1-2,7,14H,3-6H2;5-6H,1-4H2. The van der Waals surface area contributed by atoms with Crippen LogP contribution in [0.25, 0.3) is 0 Å². The van der Waals surface area contributed by atoms with Crippen molar-refractivity contribution >= 4 is 5.69 Å². The molecular weight excluding hydrogens is 295 g/mol. The minimum absolute atomic E-state index is 0.587. The summed E-state index contributed by atoms with van der Waals surface area (Å²) in [6.07, 6.45) is -3.16. The number of nitrogens with one attached hydrogen (secondary N) is 3. The number of halogens is 3. The van der Waals surface area contributed by atoms with Crippen LogP contribution in [0.5, 0.6) is 0 Å². The molecule has 3 rings (SSSR count). The number of alkyl halides is 3. The highest BCUT2D eigenvalue weighted by Crippen LogP contribution is 2.29. The molecule has 0 unspecified atom stereocenters. The summed E-state index contributed by atoms with van der Waals surface area (Å²) in [5.74, 6) is 0. The van der Waals surface area contributed by atoms with Crippen molar-refractivity contribution in [2.45, 2.75) is 6.18 Å². The fourth-order valence-corrected chi connectivity index (χ4v) is 2.30. The average Bonchev–Trinajstić information content (AvgIpc) is 2.57. The molecule has 8 heteroatoms. The van der Waals surface area contributed by atoms with Crippen molar-refractivity contribution in [2.75, 3.05) is 57.3 Å². The lowest BCUT2D eigenvalue weighted by atomic mass is 10.2. The molecule has 3 heterocycles. The number of hydrogen-bond donors (Lipinski definition) is 3. The van der Waals surface area contributed by atoms with E-state index >= 15 is 0 Å². The van der Waals surface area contributed by atoms with Gasteiger partial charge in [0, 0.05) is 64.2 Å². The number of piperazine rings is 2. The molecule has 0 saturated carbocycles. The third kappa shape index (κ3) is 5.43. The van der Waals surface area contributed by atoms with Crippen LogP contribution in [0.2, 0.25) is 0 Å². The van der Waals surface area contributed by atoms with E-state index in [0.717, 1.165) is 58.4 Å². The van der Waals surface area contributed by atoms with E-state index in [0.29, 0.717) is 5.69 Å². The van der Waals surface area contributed by atoms with Gasteiger partial charge < -0.3 is 20.9 Å². The van der Waals surface area contributed by atoms with Crippen LogP contribution >= 0.6 is 0 Å². The first-order valence-electron chi connectivity index (χ1n) is 7.48. The molecule has 124 valence electrons. The highest BCUT2D eigenvalue weighted by molar-refractivity contribution is 5.47. The summed E-state index contributed by atoms with van der Waals surface area (Å²) in [6.45, 7) is 7.59.